The van der Waals surface area contributed by atoms with Gasteiger partial charge in [0.05, 0.1) is 21.9 Å². The molecule has 0 aliphatic heterocycles. The van der Waals surface area contributed by atoms with Crippen molar-refractivity contribution in [2.45, 2.75) is 14.1 Å². The van der Waals surface area contributed by atoms with Gasteiger partial charge in [0.25, 0.3) is 0 Å². The first-order chi connectivity index (χ1) is 12.3. The van der Waals surface area contributed by atoms with Gasteiger partial charge in [0.1, 0.15) is 15.6 Å². The Balaban J connectivity index is 2.15. The molecule has 2 aliphatic rings. The molecule has 0 aromatic heterocycles. The number of carboxylic acid groups (broad SMARTS) is 1. The zero-order valence-electron chi connectivity index (χ0n) is 13.3. The molecule has 0 radical (unpaired) electrons. The number of amides is 1. The van der Waals surface area contributed by atoms with Crippen molar-refractivity contribution in [3.8, 4) is 0 Å². The number of nitrogens with zero attached hydrogens (tertiary/aromatic N) is 1. The largest absolute Gasteiger partial charge is 0.481 e. The normalized spacial score (nSPS) is 34.1. The Hall–Kier alpha value is -0.430. The molecule has 0 spiro atoms. The second kappa shape index (κ2) is 6.54. The van der Waals surface area contributed by atoms with Gasteiger partial charge in [-0.15, -0.1) is 23.2 Å². The number of alkyl halides is 4. The minimum atomic E-state index is -2.18. The van der Waals surface area contributed by atoms with E-state index in [2.05, 4.69) is 0 Å². The van der Waals surface area contributed by atoms with Crippen LogP contribution in [0.2, 0.25) is 0 Å². The van der Waals surface area contributed by atoms with E-state index in [1.807, 2.05) is 0 Å². The van der Waals surface area contributed by atoms with E-state index in [-0.39, 0.29) is 15.8 Å². The summed E-state index contributed by atoms with van der Waals surface area (Å²) in [4.78, 5) is 22.1. The Morgan fingerprint density at radius 2 is 1.44 bits per heavy atom. The van der Waals surface area contributed by atoms with E-state index in [1.165, 1.54) is 19.2 Å². The van der Waals surface area contributed by atoms with Gasteiger partial charge in [-0.3, -0.25) is 9.59 Å². The van der Waals surface area contributed by atoms with Crippen molar-refractivity contribution < 1.29 is 19.1 Å². The maximum absolute atomic E-state index is 13.2. The lowest BCUT2D eigenvalue weighted by Gasteiger charge is -2.35. The smallest absolute Gasteiger partial charge is 0.309 e. The summed E-state index contributed by atoms with van der Waals surface area (Å²) in [6.07, 6.45) is 0. The molecule has 2 bridgehead atoms. The lowest BCUT2D eigenvalue weighted by atomic mass is 9.81. The molecule has 4 atom stereocenters. The third-order valence-corrected chi connectivity index (χ3v) is 9.27. The average Bonchev–Trinajstić information content (AvgIpc) is 2.81. The molecule has 1 saturated carbocycles. The third-order valence-electron chi connectivity index (χ3n) is 5.01. The van der Waals surface area contributed by atoms with Gasteiger partial charge >= 0.3 is 5.97 Å². The first-order valence-corrected chi connectivity index (χ1v) is 9.68. The molecule has 27 heavy (non-hydrogen) atoms. The number of hydrogen-bond donors (Lipinski definition) is 1. The zero-order valence-corrected chi connectivity index (χ0v) is 17.9. The van der Waals surface area contributed by atoms with Gasteiger partial charge in [0, 0.05) is 12.7 Å². The molecule has 0 heterocycles. The molecule has 2 aliphatic carbocycles. The number of carboxylic acids is 1. The SMILES string of the molecule is CN(C(=O)[C@H]1[C@H](C(=O)O)[C@]2(Cl)C(Cl)=C(Cl)[C@]1(Cl)C2(Cl)Cl)c1ccc(F)cc1. The summed E-state index contributed by atoms with van der Waals surface area (Å²) >= 11 is 38.1. The van der Waals surface area contributed by atoms with Crippen LogP contribution in [0.4, 0.5) is 10.1 Å². The number of benzene rings is 1. The standard InChI is InChI=1S/C16H10Cl6FNO3/c1-24(7-4-2-6(23)3-5-7)12(25)8-9(13(26)27)15(20)11(18)10(17)14(8,19)16(15,21)22/h2-5,8-9H,1H3,(H,26,27)/t8-,9-,14+,15+/m1/s1. The number of hydrogen-bond acceptors (Lipinski definition) is 2. The van der Waals surface area contributed by atoms with Crippen molar-refractivity contribution in [3.63, 3.8) is 0 Å². The highest BCUT2D eigenvalue weighted by atomic mass is 35.5. The van der Waals surface area contributed by atoms with Crippen molar-refractivity contribution >= 4 is 87.2 Å². The number of carbonyl (C=O) groups excluding carboxylic acids is 1. The Kier molecular flexibility index (Phi) is 5.16. The lowest BCUT2D eigenvalue weighted by Crippen LogP contribution is -2.50. The van der Waals surface area contributed by atoms with Crippen molar-refractivity contribution in [2.75, 3.05) is 11.9 Å². The van der Waals surface area contributed by atoms with Crippen LogP contribution in [0.25, 0.3) is 0 Å². The number of anilines is 1. The van der Waals surface area contributed by atoms with E-state index < -0.39 is 43.6 Å². The minimum Gasteiger partial charge on any atom is -0.481 e. The molecule has 1 aromatic carbocycles. The van der Waals surface area contributed by atoms with Crippen LogP contribution < -0.4 is 4.90 Å². The first-order valence-electron chi connectivity index (χ1n) is 7.41. The highest BCUT2D eigenvalue weighted by Gasteiger charge is 2.85. The highest BCUT2D eigenvalue weighted by Crippen LogP contribution is 2.76. The van der Waals surface area contributed by atoms with Crippen LogP contribution in [-0.4, -0.2) is 38.1 Å². The molecule has 146 valence electrons. The molecule has 1 aromatic rings. The third kappa shape index (κ3) is 2.49. The van der Waals surface area contributed by atoms with Crippen LogP contribution in [0.15, 0.2) is 34.3 Å². The quantitative estimate of drug-likeness (QED) is 0.604. The molecule has 0 saturated heterocycles. The fourth-order valence-electron chi connectivity index (χ4n) is 3.61. The Bertz CT molecular complexity index is 875. The second-order valence-electron chi connectivity index (χ2n) is 6.29. The second-order valence-corrected chi connectivity index (χ2v) is 9.57. The number of fused-ring (bicyclic) bond motifs is 2. The van der Waals surface area contributed by atoms with Crippen LogP contribution in [0.5, 0.6) is 0 Å². The molecule has 1 fully saturated rings. The Labute approximate surface area is 183 Å². The van der Waals surface area contributed by atoms with Crippen molar-refractivity contribution in [1.29, 1.82) is 0 Å². The maximum Gasteiger partial charge on any atom is 0.309 e. The van der Waals surface area contributed by atoms with E-state index in [9.17, 15) is 19.1 Å². The summed E-state index contributed by atoms with van der Waals surface area (Å²) in [5.74, 6) is -5.92. The molecule has 0 unspecified atom stereocenters. The number of rotatable bonds is 3. The minimum absolute atomic E-state index is 0.283. The summed E-state index contributed by atoms with van der Waals surface area (Å²) in [5.41, 5.74) is 0.290. The maximum atomic E-state index is 13.2. The summed E-state index contributed by atoms with van der Waals surface area (Å²) in [6, 6.07) is 4.97. The molecule has 4 nitrogen and oxygen atoms in total. The highest BCUT2D eigenvalue weighted by molar-refractivity contribution is 6.66. The van der Waals surface area contributed by atoms with Crippen LogP contribution in [0.3, 0.4) is 0 Å². The number of allylic oxidation sites excluding steroid dienone is 2. The van der Waals surface area contributed by atoms with Crippen LogP contribution in [-0.2, 0) is 9.59 Å². The molecular formula is C16H10Cl6FNO3. The molecule has 11 heteroatoms. The fourth-order valence-corrected chi connectivity index (χ4v) is 6.54. The van der Waals surface area contributed by atoms with Gasteiger partial charge < -0.3 is 10.0 Å². The average molecular weight is 496 g/mol. The van der Waals surface area contributed by atoms with Crippen molar-refractivity contribution in [1.82, 2.24) is 0 Å². The van der Waals surface area contributed by atoms with Crippen molar-refractivity contribution in [2.24, 2.45) is 11.8 Å². The first kappa shape index (κ1) is 21.3. The summed E-state index contributed by atoms with van der Waals surface area (Å²) < 4.78 is 11.0. The van der Waals surface area contributed by atoms with Gasteiger partial charge in [-0.1, -0.05) is 46.4 Å². The van der Waals surface area contributed by atoms with E-state index in [0.717, 1.165) is 17.0 Å². The van der Waals surface area contributed by atoms with Gasteiger partial charge in [0.2, 0.25) is 5.91 Å². The molecular weight excluding hydrogens is 486 g/mol. The molecule has 1 amide bonds. The van der Waals surface area contributed by atoms with Crippen LogP contribution in [0, 0.1) is 17.7 Å². The van der Waals surface area contributed by atoms with Gasteiger partial charge in [0.15, 0.2) is 4.33 Å². The molecule has 1 N–H and O–H groups in total. The summed E-state index contributed by atoms with van der Waals surface area (Å²) in [6.45, 7) is 0. The summed E-state index contributed by atoms with van der Waals surface area (Å²) in [7, 11) is 1.37. The van der Waals surface area contributed by atoms with E-state index in [0.29, 0.717) is 0 Å². The van der Waals surface area contributed by atoms with Crippen molar-refractivity contribution in [3.05, 3.63) is 40.1 Å². The van der Waals surface area contributed by atoms with Crippen LogP contribution in [0.1, 0.15) is 0 Å². The number of halogens is 7. The number of aliphatic carboxylic acids is 1. The fraction of sp³-hybridized carbons (Fsp3) is 0.375. The number of carbonyl (C=O) groups is 2. The predicted octanol–water partition coefficient (Wildman–Crippen LogP) is 4.95. The molecule has 3 rings (SSSR count). The van der Waals surface area contributed by atoms with Gasteiger partial charge in [-0.25, -0.2) is 4.39 Å². The van der Waals surface area contributed by atoms with Gasteiger partial charge in [-0.05, 0) is 24.3 Å². The van der Waals surface area contributed by atoms with E-state index in [4.69, 9.17) is 69.6 Å². The zero-order chi connectivity index (χ0) is 20.5. The van der Waals surface area contributed by atoms with E-state index >= 15 is 0 Å². The Morgan fingerprint density at radius 1 is 1.00 bits per heavy atom. The van der Waals surface area contributed by atoms with Crippen LogP contribution >= 0.6 is 69.6 Å². The van der Waals surface area contributed by atoms with Gasteiger partial charge in [-0.2, -0.15) is 0 Å². The Morgan fingerprint density at radius 3 is 1.89 bits per heavy atom. The predicted molar refractivity (Wildman–Crippen MR) is 105 cm³/mol. The topological polar surface area (TPSA) is 57.6 Å². The van der Waals surface area contributed by atoms with E-state index in [1.54, 1.807) is 0 Å². The lowest BCUT2D eigenvalue weighted by molar-refractivity contribution is -0.146. The monoisotopic (exact) mass is 493 g/mol. The summed E-state index contributed by atoms with van der Waals surface area (Å²) in [5, 5.41) is 9.16.